The van der Waals surface area contributed by atoms with Gasteiger partial charge in [-0.1, -0.05) is 18.2 Å². The van der Waals surface area contributed by atoms with Crippen molar-refractivity contribution < 1.29 is 18.0 Å². The van der Waals surface area contributed by atoms with E-state index in [2.05, 4.69) is 39.7 Å². The number of allylic oxidation sites excluding steroid dienone is 2. The molecule has 0 saturated heterocycles. The Bertz CT molecular complexity index is 1180. The van der Waals surface area contributed by atoms with Gasteiger partial charge in [0, 0.05) is 18.0 Å². The Morgan fingerprint density at radius 1 is 1.19 bits per heavy atom. The predicted molar refractivity (Wildman–Crippen MR) is 150 cm³/mol. The maximum atomic E-state index is 13.1. The first-order valence-electron chi connectivity index (χ1n) is 11.1. The molecule has 0 spiro atoms. The molecule has 1 heterocycles. The molecule has 2 aromatic rings. The zero-order valence-corrected chi connectivity index (χ0v) is 23.2. The summed E-state index contributed by atoms with van der Waals surface area (Å²) in [5.41, 5.74) is 3.08. The van der Waals surface area contributed by atoms with Gasteiger partial charge in [-0.25, -0.2) is 4.99 Å². The molecule has 0 unspecified atom stereocenters. The predicted octanol–water partition coefficient (Wildman–Crippen LogP) is 7.14. The van der Waals surface area contributed by atoms with Gasteiger partial charge >= 0.3 is 6.61 Å². The van der Waals surface area contributed by atoms with Crippen molar-refractivity contribution in [1.82, 2.24) is 4.90 Å². The number of aliphatic imine (C=N–C) groups is 1. The van der Waals surface area contributed by atoms with Crippen molar-refractivity contribution in [3.8, 4) is 11.5 Å². The Morgan fingerprint density at radius 3 is 2.61 bits per heavy atom. The van der Waals surface area contributed by atoms with E-state index in [0.29, 0.717) is 35.3 Å². The number of likely N-dealkylation sites (N-methyl/N-ethyl adjacent to an activating group) is 1. The third-order valence-electron chi connectivity index (χ3n) is 5.22. The highest BCUT2D eigenvalue weighted by molar-refractivity contribution is 7.80. The van der Waals surface area contributed by atoms with Crippen molar-refractivity contribution in [2.75, 3.05) is 37.6 Å². The molecule has 6 nitrogen and oxygen atoms in total. The Kier molecular flexibility index (Phi) is 10.0. The molecule has 0 aliphatic carbocycles. The van der Waals surface area contributed by atoms with E-state index in [9.17, 15) is 8.78 Å². The number of hydrogen-bond acceptors (Lipinski definition) is 6. The number of hydrogen-bond donors (Lipinski definition) is 3. The molecule has 0 amide bonds. The molecule has 0 fully saturated rings. The molecule has 0 aromatic heterocycles. The zero-order valence-electron chi connectivity index (χ0n) is 20.6. The van der Waals surface area contributed by atoms with E-state index in [-0.39, 0.29) is 10.8 Å². The van der Waals surface area contributed by atoms with Gasteiger partial charge in [-0.05, 0) is 81.3 Å². The van der Waals surface area contributed by atoms with Crippen LogP contribution >= 0.6 is 32.4 Å². The number of thiol groups is 1. The van der Waals surface area contributed by atoms with E-state index in [1.807, 2.05) is 38.6 Å². The largest absolute Gasteiger partial charge is 0.472 e. The topological polar surface area (TPSA) is 58.1 Å². The molecule has 1 aliphatic rings. The number of benzene rings is 2. The first kappa shape index (κ1) is 28.3. The quantitative estimate of drug-likeness (QED) is 0.101. The number of amidine groups is 1. The smallest absolute Gasteiger partial charge is 0.387 e. The third-order valence-corrected chi connectivity index (χ3v) is 6.39. The van der Waals surface area contributed by atoms with Crippen molar-refractivity contribution in [3.05, 3.63) is 65.0 Å². The minimum Gasteiger partial charge on any atom is -0.472 e. The summed E-state index contributed by atoms with van der Waals surface area (Å²) in [4.78, 5) is 7.49. The highest BCUT2D eigenvalue weighted by Gasteiger charge is 2.19. The fourth-order valence-electron chi connectivity index (χ4n) is 3.66. The third kappa shape index (κ3) is 7.84. The Hall–Kier alpha value is -2.32. The lowest BCUT2D eigenvalue weighted by Crippen LogP contribution is -2.27. The lowest BCUT2D eigenvalue weighted by atomic mass is 9.98. The van der Waals surface area contributed by atoms with Crippen LogP contribution in [0.25, 0.3) is 0 Å². The van der Waals surface area contributed by atoms with Crippen LogP contribution in [0, 0.1) is 0 Å². The Balaban J connectivity index is 1.93. The van der Waals surface area contributed by atoms with Gasteiger partial charge in [0.05, 0.1) is 24.6 Å². The first-order valence-corrected chi connectivity index (χ1v) is 14.1. The Labute approximate surface area is 222 Å². The van der Waals surface area contributed by atoms with Gasteiger partial charge in [0.2, 0.25) is 0 Å². The summed E-state index contributed by atoms with van der Waals surface area (Å²) in [6.45, 7) is 8.03. The lowest BCUT2D eigenvalue weighted by Gasteiger charge is -2.26. The second kappa shape index (κ2) is 12.8. The van der Waals surface area contributed by atoms with Crippen molar-refractivity contribution in [1.29, 1.82) is 0 Å². The molecule has 0 atom stereocenters. The van der Waals surface area contributed by atoms with Crippen LogP contribution in [-0.2, 0) is 13.0 Å². The molecule has 2 aromatic carbocycles. The van der Waals surface area contributed by atoms with Crippen molar-refractivity contribution in [3.63, 3.8) is 0 Å². The van der Waals surface area contributed by atoms with Gasteiger partial charge in [0.25, 0.3) is 0 Å². The second-order valence-electron chi connectivity index (χ2n) is 8.42. The maximum Gasteiger partial charge on any atom is 0.387 e. The van der Waals surface area contributed by atoms with E-state index in [4.69, 9.17) is 20.9 Å². The van der Waals surface area contributed by atoms with Crippen LogP contribution in [0.4, 0.5) is 20.2 Å². The van der Waals surface area contributed by atoms with Crippen molar-refractivity contribution in [2.24, 2.45) is 4.99 Å². The van der Waals surface area contributed by atoms with Crippen LogP contribution in [-0.4, -0.2) is 44.3 Å². The first-order chi connectivity index (χ1) is 17.0. The van der Waals surface area contributed by atoms with E-state index >= 15 is 0 Å². The summed E-state index contributed by atoms with van der Waals surface area (Å²) in [6.07, 6.45) is 2.22. The summed E-state index contributed by atoms with van der Waals surface area (Å²) in [6, 6.07) is 8.94. The van der Waals surface area contributed by atoms with Crippen LogP contribution in [0.15, 0.2) is 63.7 Å². The van der Waals surface area contributed by atoms with Crippen molar-refractivity contribution >= 4 is 49.6 Å². The Morgan fingerprint density at radius 2 is 1.94 bits per heavy atom. The van der Waals surface area contributed by atoms with Crippen LogP contribution in [0.5, 0.6) is 11.5 Å². The summed E-state index contributed by atoms with van der Waals surface area (Å²) >= 11 is 10.8. The molecule has 194 valence electrons. The SMILES string of the molecule is C=C/C(Cl)=C(\N=C(/C)Nc1cc2c(cc1OC(F)F)CCN(C)C2)Nc1ccc(S)cc1OP(C)C. The molecule has 0 bridgehead atoms. The summed E-state index contributed by atoms with van der Waals surface area (Å²) in [5, 5.41) is 6.56. The maximum absolute atomic E-state index is 13.1. The van der Waals surface area contributed by atoms with Crippen LogP contribution in [0.3, 0.4) is 0 Å². The van der Waals surface area contributed by atoms with Crippen LogP contribution < -0.4 is 19.9 Å². The van der Waals surface area contributed by atoms with Crippen LogP contribution in [0.1, 0.15) is 18.1 Å². The second-order valence-corrected chi connectivity index (χ2v) is 11.1. The minimum absolute atomic E-state index is 0.0652. The number of halogens is 3. The van der Waals surface area contributed by atoms with Crippen LogP contribution in [0.2, 0.25) is 0 Å². The summed E-state index contributed by atoms with van der Waals surface area (Å²) in [5.74, 6) is 1.38. The number of anilines is 2. The minimum atomic E-state index is -2.95. The highest BCUT2D eigenvalue weighted by Crippen LogP contribution is 2.38. The molecule has 36 heavy (non-hydrogen) atoms. The molecular weight excluding hydrogens is 525 g/mol. The standard InChI is InChI=1S/C25H30ClF2N4O2PS/c1-6-19(26)24(31-20-8-7-18(36)13-23(20)34-35(4)5)30-15(2)29-21-11-17-14-32(3)10-9-16(17)12-22(21)33-25(27)28/h6-8,11-13,25,31,36H,1,9-10,14H2,2-5H3,(H,29,30)/b24-19-. The normalized spacial score (nSPS) is 14.9. The van der Waals surface area contributed by atoms with E-state index < -0.39 is 14.8 Å². The van der Waals surface area contributed by atoms with Gasteiger partial charge in [0.1, 0.15) is 17.3 Å². The highest BCUT2D eigenvalue weighted by atomic mass is 35.5. The van der Waals surface area contributed by atoms with Gasteiger partial charge < -0.3 is 24.8 Å². The number of rotatable bonds is 9. The van der Waals surface area contributed by atoms with Gasteiger partial charge in [-0.3, -0.25) is 0 Å². The molecule has 0 radical (unpaired) electrons. The molecule has 0 saturated carbocycles. The molecular formula is C25H30ClF2N4O2PS. The molecule has 11 heteroatoms. The number of fused-ring (bicyclic) bond motifs is 1. The molecule has 1 aliphatic heterocycles. The zero-order chi connectivity index (χ0) is 26.4. The monoisotopic (exact) mass is 554 g/mol. The lowest BCUT2D eigenvalue weighted by molar-refractivity contribution is -0.0494. The average Bonchev–Trinajstić information content (AvgIpc) is 2.79. The molecule has 2 N–H and O–H groups in total. The van der Waals surface area contributed by atoms with E-state index in [1.165, 1.54) is 6.08 Å². The van der Waals surface area contributed by atoms with Gasteiger partial charge in [-0.2, -0.15) is 8.78 Å². The number of ether oxygens (including phenoxy) is 1. The van der Waals surface area contributed by atoms with E-state index in [1.54, 1.807) is 19.1 Å². The van der Waals surface area contributed by atoms with Gasteiger partial charge in [0.15, 0.2) is 5.82 Å². The fraction of sp³-hybridized carbons (Fsp3) is 0.320. The summed E-state index contributed by atoms with van der Waals surface area (Å²) in [7, 11) is 1.33. The van der Waals surface area contributed by atoms with Gasteiger partial charge in [-0.15, -0.1) is 12.6 Å². The average molecular weight is 555 g/mol. The number of nitrogens with zero attached hydrogens (tertiary/aromatic N) is 2. The summed E-state index contributed by atoms with van der Waals surface area (Å²) < 4.78 is 37.1. The number of nitrogens with one attached hydrogen (secondary N) is 2. The molecule has 3 rings (SSSR count). The van der Waals surface area contributed by atoms with Crippen molar-refractivity contribution in [2.45, 2.75) is 31.4 Å². The fourth-order valence-corrected chi connectivity index (χ4v) is 4.49. The van der Waals surface area contributed by atoms with E-state index in [0.717, 1.165) is 29.0 Å². The number of alkyl halides is 2.